The monoisotopic (exact) mass is 632 g/mol. The fraction of sp³-hybridized carbons (Fsp3) is 0.419. The molecular formula is C31H36F4N6O4. The standard InChI is InChI=1S/C31H36F4N6O4/c1-5-19-18-40(30(43)22-10-12-24(31(33,34)35)39-29(22)44-4)16-17-41(19)23-11-9-20(21-8-7-13-38-28(21)45-6-2)26(32)25(23)27(42)37-15-14-36-3/h7-13,19,36H,5-6,14-18H2,1-4H3,(H,37,42)/t19-/m1/s1. The second-order valence-electron chi connectivity index (χ2n) is 10.2. The van der Waals surface area contributed by atoms with E-state index in [-0.39, 0.29) is 54.8 Å². The third kappa shape index (κ3) is 7.27. The van der Waals surface area contributed by atoms with Crippen LogP contribution in [0.15, 0.2) is 42.6 Å². The SMILES string of the molecule is CCOc1ncccc1-c1ccc(N2CCN(C(=O)c3ccc(C(F)(F)F)nc3OC)C[C@H]2CC)c(C(=O)NCCNC)c1F. The molecule has 1 saturated heterocycles. The molecule has 0 bridgehead atoms. The Morgan fingerprint density at radius 3 is 2.49 bits per heavy atom. The van der Waals surface area contributed by atoms with E-state index in [1.807, 2.05) is 11.8 Å². The Hall–Kier alpha value is -4.46. The Kier molecular flexibility index (Phi) is 10.8. The number of pyridine rings is 2. The van der Waals surface area contributed by atoms with Crippen molar-refractivity contribution in [2.45, 2.75) is 32.5 Å². The summed E-state index contributed by atoms with van der Waals surface area (Å²) in [6, 6.07) is 8.04. The molecule has 2 aromatic heterocycles. The van der Waals surface area contributed by atoms with Crippen LogP contribution >= 0.6 is 0 Å². The number of carbonyl (C=O) groups excluding carboxylic acids is 2. The van der Waals surface area contributed by atoms with E-state index in [1.54, 1.807) is 38.2 Å². The maximum atomic E-state index is 16.5. The molecule has 2 N–H and O–H groups in total. The number of piperazine rings is 1. The molecule has 1 atom stereocenters. The summed E-state index contributed by atoms with van der Waals surface area (Å²) in [7, 11) is 2.88. The second-order valence-corrected chi connectivity index (χ2v) is 10.2. The van der Waals surface area contributed by atoms with Gasteiger partial charge >= 0.3 is 6.18 Å². The van der Waals surface area contributed by atoms with E-state index >= 15 is 4.39 Å². The second kappa shape index (κ2) is 14.5. The van der Waals surface area contributed by atoms with Gasteiger partial charge in [0, 0.05) is 56.1 Å². The van der Waals surface area contributed by atoms with Crippen molar-refractivity contribution in [3.63, 3.8) is 0 Å². The van der Waals surface area contributed by atoms with Crippen LogP contribution in [0.25, 0.3) is 11.1 Å². The Balaban J connectivity index is 1.69. The number of hydrogen-bond acceptors (Lipinski definition) is 8. The number of amides is 2. The molecule has 3 aromatic rings. The lowest BCUT2D eigenvalue weighted by Gasteiger charge is -2.43. The number of anilines is 1. The summed E-state index contributed by atoms with van der Waals surface area (Å²) in [6.45, 7) is 5.29. The van der Waals surface area contributed by atoms with Gasteiger partial charge in [-0.3, -0.25) is 9.59 Å². The number of likely N-dealkylation sites (N-methyl/N-ethyl adjacent to an activating group) is 1. The molecule has 3 heterocycles. The molecule has 0 radical (unpaired) electrons. The van der Waals surface area contributed by atoms with E-state index in [0.29, 0.717) is 30.8 Å². The lowest BCUT2D eigenvalue weighted by Crippen LogP contribution is -2.55. The minimum absolute atomic E-state index is 0.102. The molecule has 14 heteroatoms. The molecule has 0 aliphatic carbocycles. The molecule has 1 aliphatic heterocycles. The minimum Gasteiger partial charge on any atom is -0.480 e. The van der Waals surface area contributed by atoms with E-state index in [9.17, 15) is 22.8 Å². The average Bonchev–Trinajstić information content (AvgIpc) is 3.03. The van der Waals surface area contributed by atoms with Crippen LogP contribution in [-0.2, 0) is 6.18 Å². The summed E-state index contributed by atoms with van der Waals surface area (Å²) < 4.78 is 66.7. The van der Waals surface area contributed by atoms with Gasteiger partial charge in [0.1, 0.15) is 17.1 Å². The number of nitrogens with one attached hydrogen (secondary N) is 2. The highest BCUT2D eigenvalue weighted by Gasteiger charge is 2.36. The van der Waals surface area contributed by atoms with E-state index in [1.165, 1.54) is 11.1 Å². The molecule has 10 nitrogen and oxygen atoms in total. The van der Waals surface area contributed by atoms with Gasteiger partial charge in [0.15, 0.2) is 0 Å². The topological polar surface area (TPSA) is 109 Å². The van der Waals surface area contributed by atoms with Crippen LogP contribution in [0.2, 0.25) is 0 Å². The highest BCUT2D eigenvalue weighted by molar-refractivity contribution is 6.02. The van der Waals surface area contributed by atoms with E-state index in [2.05, 4.69) is 20.6 Å². The number of ether oxygens (including phenoxy) is 2. The fourth-order valence-electron chi connectivity index (χ4n) is 5.26. The molecule has 4 rings (SSSR count). The first-order valence-corrected chi connectivity index (χ1v) is 14.6. The molecule has 0 unspecified atom stereocenters. The van der Waals surface area contributed by atoms with Crippen molar-refractivity contribution in [1.82, 2.24) is 25.5 Å². The highest BCUT2D eigenvalue weighted by atomic mass is 19.4. The zero-order valence-electron chi connectivity index (χ0n) is 25.5. The van der Waals surface area contributed by atoms with Crippen molar-refractivity contribution >= 4 is 17.5 Å². The van der Waals surface area contributed by atoms with Gasteiger partial charge in [0.2, 0.25) is 11.8 Å². The molecule has 242 valence electrons. The van der Waals surface area contributed by atoms with Gasteiger partial charge in [0.25, 0.3) is 11.8 Å². The van der Waals surface area contributed by atoms with Crippen LogP contribution in [0.3, 0.4) is 0 Å². The Morgan fingerprint density at radius 2 is 1.82 bits per heavy atom. The Bertz CT molecular complexity index is 1520. The van der Waals surface area contributed by atoms with Crippen molar-refractivity contribution in [2.75, 3.05) is 58.4 Å². The number of carbonyl (C=O) groups is 2. The summed E-state index contributed by atoms with van der Waals surface area (Å²) in [4.78, 5) is 38.1. The van der Waals surface area contributed by atoms with E-state index < -0.39 is 35.4 Å². The van der Waals surface area contributed by atoms with Crippen molar-refractivity contribution < 1.29 is 36.6 Å². The maximum absolute atomic E-state index is 16.5. The third-order valence-electron chi connectivity index (χ3n) is 7.48. The molecule has 0 saturated carbocycles. The number of benzene rings is 1. The smallest absolute Gasteiger partial charge is 0.433 e. The largest absolute Gasteiger partial charge is 0.480 e. The summed E-state index contributed by atoms with van der Waals surface area (Å²) in [6.07, 6.45) is -2.64. The van der Waals surface area contributed by atoms with Gasteiger partial charge in [-0.15, -0.1) is 0 Å². The summed E-state index contributed by atoms with van der Waals surface area (Å²) in [5.41, 5.74) is -0.519. The molecule has 1 aromatic carbocycles. The first-order chi connectivity index (χ1) is 21.5. The number of nitrogens with zero attached hydrogens (tertiary/aromatic N) is 4. The van der Waals surface area contributed by atoms with Gasteiger partial charge in [-0.2, -0.15) is 13.2 Å². The Morgan fingerprint density at radius 1 is 1.04 bits per heavy atom. The first-order valence-electron chi connectivity index (χ1n) is 14.6. The fourth-order valence-corrected chi connectivity index (χ4v) is 5.26. The number of hydrogen-bond donors (Lipinski definition) is 2. The molecule has 1 fully saturated rings. The number of aromatic nitrogens is 2. The number of methoxy groups -OCH3 is 1. The predicted octanol–water partition coefficient (Wildman–Crippen LogP) is 4.40. The summed E-state index contributed by atoms with van der Waals surface area (Å²) in [5, 5.41) is 5.71. The van der Waals surface area contributed by atoms with Gasteiger partial charge in [-0.05, 0) is 56.8 Å². The molecular weight excluding hydrogens is 596 g/mol. The van der Waals surface area contributed by atoms with Gasteiger partial charge in [-0.1, -0.05) is 6.92 Å². The van der Waals surface area contributed by atoms with E-state index in [0.717, 1.165) is 19.2 Å². The predicted molar refractivity (Wildman–Crippen MR) is 160 cm³/mol. The van der Waals surface area contributed by atoms with Crippen LogP contribution < -0.4 is 25.0 Å². The van der Waals surface area contributed by atoms with Gasteiger partial charge in [0.05, 0.1) is 25.0 Å². The van der Waals surface area contributed by atoms with Crippen molar-refractivity contribution in [3.05, 3.63) is 65.2 Å². The number of rotatable bonds is 11. The van der Waals surface area contributed by atoms with Crippen LogP contribution in [0.5, 0.6) is 11.8 Å². The third-order valence-corrected chi connectivity index (χ3v) is 7.48. The Labute approximate surface area is 258 Å². The normalized spacial score (nSPS) is 15.2. The van der Waals surface area contributed by atoms with Crippen molar-refractivity contribution in [1.29, 1.82) is 0 Å². The van der Waals surface area contributed by atoms with Crippen molar-refractivity contribution in [3.8, 4) is 22.9 Å². The zero-order valence-corrected chi connectivity index (χ0v) is 25.5. The summed E-state index contributed by atoms with van der Waals surface area (Å²) in [5.74, 6) is -2.07. The quantitative estimate of drug-likeness (QED) is 0.237. The molecule has 45 heavy (non-hydrogen) atoms. The zero-order chi connectivity index (χ0) is 32.7. The summed E-state index contributed by atoms with van der Waals surface area (Å²) >= 11 is 0. The lowest BCUT2D eigenvalue weighted by atomic mass is 9.98. The number of alkyl halides is 3. The highest BCUT2D eigenvalue weighted by Crippen LogP contribution is 2.37. The average molecular weight is 633 g/mol. The van der Waals surface area contributed by atoms with Crippen molar-refractivity contribution in [2.24, 2.45) is 0 Å². The van der Waals surface area contributed by atoms with Crippen LogP contribution in [0.1, 0.15) is 46.7 Å². The molecule has 0 spiro atoms. The first kappa shape index (κ1) is 33.4. The molecule has 2 amide bonds. The maximum Gasteiger partial charge on any atom is 0.433 e. The van der Waals surface area contributed by atoms with Crippen LogP contribution in [0, 0.1) is 5.82 Å². The lowest BCUT2D eigenvalue weighted by molar-refractivity contribution is -0.141. The van der Waals surface area contributed by atoms with Crippen LogP contribution in [-0.4, -0.2) is 86.2 Å². The number of halogens is 4. The van der Waals surface area contributed by atoms with Gasteiger partial charge in [-0.25, -0.2) is 14.4 Å². The van der Waals surface area contributed by atoms with E-state index in [4.69, 9.17) is 9.47 Å². The minimum atomic E-state index is -4.70. The molecule has 1 aliphatic rings. The van der Waals surface area contributed by atoms with Crippen LogP contribution in [0.4, 0.5) is 23.2 Å². The van der Waals surface area contributed by atoms with Gasteiger partial charge < -0.3 is 29.9 Å².